The minimum atomic E-state index is -0.431. The fourth-order valence-corrected chi connectivity index (χ4v) is 1.82. The second-order valence-electron chi connectivity index (χ2n) is 4.52. The Labute approximate surface area is 117 Å². The predicted octanol–water partition coefficient (Wildman–Crippen LogP) is 3.52. The van der Waals surface area contributed by atoms with Gasteiger partial charge >= 0.3 is 0 Å². The van der Waals surface area contributed by atoms with Crippen LogP contribution in [-0.2, 0) is 6.54 Å². The highest BCUT2D eigenvalue weighted by atomic mass is 16.6. The first kappa shape index (κ1) is 13.9. The Bertz CT molecular complexity index is 609. The van der Waals surface area contributed by atoms with Gasteiger partial charge in [-0.05, 0) is 12.5 Å². The number of nitro groups is 1. The summed E-state index contributed by atoms with van der Waals surface area (Å²) in [7, 11) is 1.49. The molecule has 0 saturated heterocycles. The normalized spacial score (nSPS) is 10.1. The molecule has 0 aliphatic rings. The molecule has 20 heavy (non-hydrogen) atoms. The van der Waals surface area contributed by atoms with Crippen molar-refractivity contribution in [3.05, 3.63) is 63.7 Å². The van der Waals surface area contributed by atoms with Crippen molar-refractivity contribution in [3.63, 3.8) is 0 Å². The molecule has 0 heterocycles. The average molecular weight is 272 g/mol. The van der Waals surface area contributed by atoms with Crippen LogP contribution in [0.15, 0.2) is 42.5 Å². The molecule has 0 spiro atoms. The number of non-ortho nitro benzene ring substituents is 1. The van der Waals surface area contributed by atoms with Gasteiger partial charge in [-0.1, -0.05) is 29.8 Å². The van der Waals surface area contributed by atoms with E-state index in [1.807, 2.05) is 31.2 Å². The lowest BCUT2D eigenvalue weighted by atomic mass is 10.1. The quantitative estimate of drug-likeness (QED) is 0.668. The van der Waals surface area contributed by atoms with Crippen LogP contribution in [0.1, 0.15) is 11.1 Å². The van der Waals surface area contributed by atoms with E-state index in [1.165, 1.54) is 24.8 Å². The predicted molar refractivity (Wildman–Crippen MR) is 78.2 cm³/mol. The highest BCUT2D eigenvalue weighted by Crippen LogP contribution is 2.26. The Balaban J connectivity index is 2.14. The molecule has 0 bridgehead atoms. The molecule has 0 aliphatic carbocycles. The van der Waals surface area contributed by atoms with Gasteiger partial charge in [0, 0.05) is 24.4 Å². The fraction of sp³-hybridized carbons (Fsp3) is 0.200. The van der Waals surface area contributed by atoms with Crippen LogP contribution in [0.25, 0.3) is 0 Å². The van der Waals surface area contributed by atoms with Crippen LogP contribution in [0.3, 0.4) is 0 Å². The Morgan fingerprint density at radius 1 is 1.20 bits per heavy atom. The number of nitro benzene ring substituents is 1. The van der Waals surface area contributed by atoms with Crippen molar-refractivity contribution in [2.75, 3.05) is 12.4 Å². The van der Waals surface area contributed by atoms with Gasteiger partial charge in [0.2, 0.25) is 0 Å². The third kappa shape index (κ3) is 3.47. The van der Waals surface area contributed by atoms with Gasteiger partial charge < -0.3 is 10.1 Å². The van der Waals surface area contributed by atoms with Crippen LogP contribution in [-0.4, -0.2) is 12.0 Å². The van der Waals surface area contributed by atoms with Gasteiger partial charge in [-0.15, -0.1) is 0 Å². The van der Waals surface area contributed by atoms with Crippen molar-refractivity contribution >= 4 is 11.4 Å². The zero-order chi connectivity index (χ0) is 14.5. The SMILES string of the molecule is COc1cc(NCc2ccc(C)cc2)cc([N+](=O)[O-])c1. The summed E-state index contributed by atoms with van der Waals surface area (Å²) in [5, 5.41) is 14.0. The summed E-state index contributed by atoms with van der Waals surface area (Å²) in [6.07, 6.45) is 0. The van der Waals surface area contributed by atoms with Crippen LogP contribution < -0.4 is 10.1 Å². The van der Waals surface area contributed by atoms with E-state index in [0.717, 1.165) is 5.56 Å². The highest BCUT2D eigenvalue weighted by molar-refractivity contribution is 5.56. The molecular weight excluding hydrogens is 256 g/mol. The lowest BCUT2D eigenvalue weighted by Crippen LogP contribution is -2.00. The number of aryl methyl sites for hydroxylation is 1. The van der Waals surface area contributed by atoms with Crippen molar-refractivity contribution in [2.24, 2.45) is 0 Å². The molecule has 0 radical (unpaired) electrons. The Morgan fingerprint density at radius 2 is 1.90 bits per heavy atom. The van der Waals surface area contributed by atoms with E-state index in [-0.39, 0.29) is 5.69 Å². The molecule has 5 heteroatoms. The van der Waals surface area contributed by atoms with E-state index in [2.05, 4.69) is 5.32 Å². The maximum atomic E-state index is 10.9. The summed E-state index contributed by atoms with van der Waals surface area (Å²) >= 11 is 0. The number of methoxy groups -OCH3 is 1. The first-order valence-corrected chi connectivity index (χ1v) is 6.21. The van der Waals surface area contributed by atoms with Gasteiger partial charge in [0.25, 0.3) is 5.69 Å². The standard InChI is InChI=1S/C15H16N2O3/c1-11-3-5-12(6-4-11)10-16-13-7-14(17(18)19)9-15(8-13)20-2/h3-9,16H,10H2,1-2H3. The zero-order valence-corrected chi connectivity index (χ0v) is 11.4. The van der Waals surface area contributed by atoms with Gasteiger partial charge in [-0.3, -0.25) is 10.1 Å². The van der Waals surface area contributed by atoms with Crippen LogP contribution in [0.4, 0.5) is 11.4 Å². The number of hydrogen-bond acceptors (Lipinski definition) is 4. The minimum Gasteiger partial charge on any atom is -0.496 e. The Kier molecular flexibility index (Phi) is 4.20. The number of anilines is 1. The van der Waals surface area contributed by atoms with Crippen molar-refractivity contribution in [1.82, 2.24) is 0 Å². The third-order valence-electron chi connectivity index (χ3n) is 2.96. The third-order valence-corrected chi connectivity index (χ3v) is 2.96. The second-order valence-corrected chi connectivity index (χ2v) is 4.52. The molecular formula is C15H16N2O3. The lowest BCUT2D eigenvalue weighted by molar-refractivity contribution is -0.384. The van der Waals surface area contributed by atoms with Crippen molar-refractivity contribution in [1.29, 1.82) is 0 Å². The van der Waals surface area contributed by atoms with Crippen molar-refractivity contribution in [2.45, 2.75) is 13.5 Å². The molecule has 0 fully saturated rings. The molecule has 2 aromatic carbocycles. The molecule has 0 aliphatic heterocycles. The van der Waals surface area contributed by atoms with Crippen LogP contribution >= 0.6 is 0 Å². The molecule has 2 rings (SSSR count). The van der Waals surface area contributed by atoms with Gasteiger partial charge in [-0.2, -0.15) is 0 Å². The molecule has 0 aromatic heterocycles. The monoisotopic (exact) mass is 272 g/mol. The summed E-state index contributed by atoms with van der Waals surface area (Å²) in [6.45, 7) is 2.63. The average Bonchev–Trinajstić information content (AvgIpc) is 2.46. The first-order chi connectivity index (χ1) is 9.58. The van der Waals surface area contributed by atoms with Gasteiger partial charge in [0.15, 0.2) is 0 Å². The van der Waals surface area contributed by atoms with E-state index in [4.69, 9.17) is 4.74 Å². The van der Waals surface area contributed by atoms with E-state index >= 15 is 0 Å². The van der Waals surface area contributed by atoms with E-state index < -0.39 is 4.92 Å². The summed E-state index contributed by atoms with van der Waals surface area (Å²) in [6, 6.07) is 12.7. The zero-order valence-electron chi connectivity index (χ0n) is 11.4. The Hall–Kier alpha value is -2.56. The van der Waals surface area contributed by atoms with Gasteiger partial charge in [0.05, 0.1) is 18.1 Å². The number of nitrogens with one attached hydrogen (secondary N) is 1. The molecule has 0 unspecified atom stereocenters. The van der Waals surface area contributed by atoms with Crippen molar-refractivity contribution in [3.8, 4) is 5.75 Å². The maximum Gasteiger partial charge on any atom is 0.275 e. The molecule has 0 saturated carbocycles. The maximum absolute atomic E-state index is 10.9. The summed E-state index contributed by atoms with van der Waals surface area (Å²) in [5.41, 5.74) is 2.99. The van der Waals surface area contributed by atoms with Gasteiger partial charge in [-0.25, -0.2) is 0 Å². The molecule has 2 aromatic rings. The molecule has 1 N–H and O–H groups in total. The number of rotatable bonds is 5. The van der Waals surface area contributed by atoms with Crippen LogP contribution in [0.5, 0.6) is 5.75 Å². The molecule has 5 nitrogen and oxygen atoms in total. The van der Waals surface area contributed by atoms with E-state index in [0.29, 0.717) is 18.0 Å². The van der Waals surface area contributed by atoms with Crippen LogP contribution in [0.2, 0.25) is 0 Å². The number of hydrogen-bond donors (Lipinski definition) is 1. The van der Waals surface area contributed by atoms with Crippen LogP contribution in [0, 0.1) is 17.0 Å². The number of benzene rings is 2. The van der Waals surface area contributed by atoms with E-state index in [9.17, 15) is 10.1 Å². The number of nitrogens with zero attached hydrogens (tertiary/aromatic N) is 1. The topological polar surface area (TPSA) is 64.4 Å². The molecule has 0 atom stereocenters. The summed E-state index contributed by atoms with van der Waals surface area (Å²) in [5.74, 6) is 0.464. The van der Waals surface area contributed by atoms with Crippen molar-refractivity contribution < 1.29 is 9.66 Å². The smallest absolute Gasteiger partial charge is 0.275 e. The summed E-state index contributed by atoms with van der Waals surface area (Å²) < 4.78 is 5.07. The second kappa shape index (κ2) is 6.06. The van der Waals surface area contributed by atoms with E-state index in [1.54, 1.807) is 6.07 Å². The molecule has 0 amide bonds. The molecule has 104 valence electrons. The van der Waals surface area contributed by atoms with Gasteiger partial charge in [0.1, 0.15) is 5.75 Å². The number of ether oxygens (including phenoxy) is 1. The highest BCUT2D eigenvalue weighted by Gasteiger charge is 2.10. The lowest BCUT2D eigenvalue weighted by Gasteiger charge is -2.08. The first-order valence-electron chi connectivity index (χ1n) is 6.21. The largest absolute Gasteiger partial charge is 0.496 e. The Morgan fingerprint density at radius 3 is 2.50 bits per heavy atom. The fourth-order valence-electron chi connectivity index (χ4n) is 1.82. The summed E-state index contributed by atoms with van der Waals surface area (Å²) in [4.78, 5) is 10.4. The minimum absolute atomic E-state index is 0.00996.